The van der Waals surface area contributed by atoms with Crippen molar-refractivity contribution in [1.29, 1.82) is 0 Å². The van der Waals surface area contributed by atoms with Crippen LogP contribution < -0.4 is 16.0 Å². The SMILES string of the molecule is CC(C)[C@H]1NC(=O)[C@H]2CSSCC/C=C/[C@H](CC(=O)N[C@H](Cc3cccnc3)C(=O)N2)OC(=O)C[C@@H]1O. The van der Waals surface area contributed by atoms with Crippen LogP contribution in [-0.2, 0) is 30.3 Å². The molecule has 0 aromatic carbocycles. The van der Waals surface area contributed by atoms with Crippen LogP contribution in [0.2, 0.25) is 0 Å². The van der Waals surface area contributed by atoms with E-state index in [4.69, 9.17) is 4.74 Å². The van der Waals surface area contributed by atoms with Crippen molar-refractivity contribution in [2.45, 2.75) is 69.9 Å². The third kappa shape index (κ3) is 9.35. The van der Waals surface area contributed by atoms with Crippen molar-refractivity contribution in [1.82, 2.24) is 20.9 Å². The Bertz CT molecular complexity index is 977. The molecule has 0 spiro atoms. The van der Waals surface area contributed by atoms with E-state index in [9.17, 15) is 24.3 Å². The maximum absolute atomic E-state index is 13.4. The molecule has 202 valence electrons. The topological polar surface area (TPSA) is 147 Å². The van der Waals surface area contributed by atoms with E-state index < -0.39 is 54.0 Å². The smallest absolute Gasteiger partial charge is 0.309 e. The minimum Gasteiger partial charge on any atom is -0.457 e. The first kappa shape index (κ1) is 29.0. The number of amides is 3. The first-order chi connectivity index (χ1) is 17.7. The number of hydrogen-bond acceptors (Lipinski definition) is 9. The van der Waals surface area contributed by atoms with Crippen LogP contribution in [0.1, 0.15) is 38.7 Å². The van der Waals surface area contributed by atoms with E-state index in [0.29, 0.717) is 6.42 Å². The molecule has 3 amide bonds. The summed E-state index contributed by atoms with van der Waals surface area (Å²) in [7, 11) is 3.01. The molecule has 2 aliphatic heterocycles. The molecule has 0 aliphatic carbocycles. The van der Waals surface area contributed by atoms with Gasteiger partial charge in [0, 0.05) is 30.3 Å². The molecule has 3 heterocycles. The van der Waals surface area contributed by atoms with Crippen molar-refractivity contribution in [3.63, 3.8) is 0 Å². The number of hydrogen-bond donors (Lipinski definition) is 4. The molecular weight excluding hydrogens is 516 g/mol. The third-order valence-electron chi connectivity index (χ3n) is 5.97. The summed E-state index contributed by atoms with van der Waals surface area (Å²) in [5.41, 5.74) is 0.732. The number of rotatable bonds is 3. The Morgan fingerprint density at radius 2 is 1.92 bits per heavy atom. The molecule has 0 saturated carbocycles. The lowest BCUT2D eigenvalue weighted by Crippen LogP contribution is -2.58. The lowest BCUT2D eigenvalue weighted by Gasteiger charge is -2.29. The molecule has 10 nitrogen and oxygen atoms in total. The minimum absolute atomic E-state index is 0.162. The summed E-state index contributed by atoms with van der Waals surface area (Å²) in [6.07, 6.45) is 4.95. The number of carbonyl (C=O) groups excluding carboxylic acids is 4. The number of nitrogens with one attached hydrogen (secondary N) is 3. The molecule has 1 aromatic heterocycles. The summed E-state index contributed by atoms with van der Waals surface area (Å²) in [6, 6.07) is 0.890. The lowest BCUT2D eigenvalue weighted by atomic mass is 9.96. The third-order valence-corrected chi connectivity index (χ3v) is 8.42. The van der Waals surface area contributed by atoms with E-state index >= 15 is 0 Å². The number of pyridine rings is 1. The normalized spacial score (nSPS) is 29.6. The number of allylic oxidation sites excluding steroid dienone is 1. The van der Waals surface area contributed by atoms with Gasteiger partial charge in [0.1, 0.15) is 18.2 Å². The molecule has 4 N–H and O–H groups in total. The molecule has 2 aliphatic rings. The predicted octanol–water partition coefficient (Wildman–Crippen LogP) is 1.14. The summed E-state index contributed by atoms with van der Waals surface area (Å²) in [6.45, 7) is 3.64. The number of nitrogens with zero attached hydrogens (tertiary/aromatic N) is 1. The number of aliphatic hydroxyl groups excluding tert-OH is 1. The van der Waals surface area contributed by atoms with Crippen LogP contribution in [0.15, 0.2) is 36.7 Å². The van der Waals surface area contributed by atoms with Crippen molar-refractivity contribution in [3.8, 4) is 0 Å². The molecule has 1 saturated heterocycles. The molecule has 0 unspecified atom stereocenters. The summed E-state index contributed by atoms with van der Waals surface area (Å²) >= 11 is 0. The van der Waals surface area contributed by atoms with E-state index in [2.05, 4.69) is 20.9 Å². The Balaban J connectivity index is 1.98. The molecule has 37 heavy (non-hydrogen) atoms. The van der Waals surface area contributed by atoms with Gasteiger partial charge < -0.3 is 25.8 Å². The fourth-order valence-corrected chi connectivity index (χ4v) is 6.19. The van der Waals surface area contributed by atoms with Crippen LogP contribution in [0.25, 0.3) is 0 Å². The van der Waals surface area contributed by atoms with E-state index in [0.717, 1.165) is 11.3 Å². The number of carbonyl (C=O) groups is 4. The highest BCUT2D eigenvalue weighted by Gasteiger charge is 2.33. The summed E-state index contributed by atoms with van der Waals surface area (Å²) in [5, 5.41) is 19.1. The zero-order chi connectivity index (χ0) is 26.8. The molecule has 1 fully saturated rings. The molecule has 5 atom stereocenters. The Labute approximate surface area is 224 Å². The Kier molecular flexibility index (Phi) is 11.3. The highest BCUT2D eigenvalue weighted by atomic mass is 33.1. The van der Waals surface area contributed by atoms with Gasteiger partial charge in [-0.25, -0.2) is 0 Å². The molecule has 1 aromatic rings. The van der Waals surface area contributed by atoms with Gasteiger partial charge >= 0.3 is 5.97 Å². The van der Waals surface area contributed by atoms with E-state index in [1.165, 1.54) is 10.8 Å². The van der Waals surface area contributed by atoms with Crippen molar-refractivity contribution in [2.24, 2.45) is 5.92 Å². The zero-order valence-corrected chi connectivity index (χ0v) is 22.6. The number of esters is 1. The van der Waals surface area contributed by atoms with E-state index in [1.54, 1.807) is 41.4 Å². The molecule has 0 radical (unpaired) electrons. The van der Waals surface area contributed by atoms with Crippen LogP contribution in [0, 0.1) is 5.92 Å². The highest BCUT2D eigenvalue weighted by Crippen LogP contribution is 2.24. The fourth-order valence-electron chi connectivity index (χ4n) is 4.03. The maximum atomic E-state index is 13.4. The second-order valence-electron chi connectivity index (χ2n) is 9.35. The monoisotopic (exact) mass is 550 g/mol. The number of ether oxygens (including phenoxy) is 1. The molecular formula is C25H34N4O6S2. The van der Waals surface area contributed by atoms with Gasteiger partial charge in [0.15, 0.2) is 0 Å². The molecule has 2 bridgehead atoms. The Hall–Kier alpha value is -2.57. The van der Waals surface area contributed by atoms with Crippen molar-refractivity contribution in [3.05, 3.63) is 42.2 Å². The number of aromatic nitrogens is 1. The number of fused-ring (bicyclic) bond motifs is 7. The Morgan fingerprint density at radius 3 is 2.65 bits per heavy atom. The van der Waals surface area contributed by atoms with Crippen LogP contribution in [0.4, 0.5) is 0 Å². The van der Waals surface area contributed by atoms with Gasteiger partial charge in [-0.1, -0.05) is 47.6 Å². The standard InChI is InChI=1S/C25H34N4O6S2/c1-15(2)23-20(30)12-22(32)35-17-7-3-4-9-36-37-14-19(25(34)29-23)28-24(33)18(27-21(31)11-17)10-16-6-5-8-26-13-16/h3,5-8,13,15,17-20,23,30H,4,9-12,14H2,1-2H3,(H,27,31)(H,28,33)(H,29,34)/b7-3+/t17-,18-,19-,20+,23-/m1/s1. The second kappa shape index (κ2) is 14.4. The minimum atomic E-state index is -1.20. The zero-order valence-electron chi connectivity index (χ0n) is 20.9. The summed E-state index contributed by atoms with van der Waals surface area (Å²) in [4.78, 5) is 56.4. The summed E-state index contributed by atoms with van der Waals surface area (Å²) in [5.74, 6) is -1.34. The van der Waals surface area contributed by atoms with Gasteiger partial charge in [0.2, 0.25) is 17.7 Å². The first-order valence-electron chi connectivity index (χ1n) is 12.3. The second-order valence-corrected chi connectivity index (χ2v) is 12.0. The van der Waals surface area contributed by atoms with Gasteiger partial charge in [-0.2, -0.15) is 0 Å². The predicted molar refractivity (Wildman–Crippen MR) is 142 cm³/mol. The first-order valence-corrected chi connectivity index (χ1v) is 14.8. The fraction of sp³-hybridized carbons (Fsp3) is 0.560. The van der Waals surface area contributed by atoms with Crippen molar-refractivity contribution < 1.29 is 29.0 Å². The quantitative estimate of drug-likeness (QED) is 0.247. The highest BCUT2D eigenvalue weighted by molar-refractivity contribution is 8.76. The summed E-state index contributed by atoms with van der Waals surface area (Å²) < 4.78 is 5.54. The number of aliphatic hydroxyl groups is 1. The van der Waals surface area contributed by atoms with Gasteiger partial charge in [-0.05, 0) is 30.0 Å². The van der Waals surface area contributed by atoms with Crippen LogP contribution >= 0.6 is 21.6 Å². The van der Waals surface area contributed by atoms with Gasteiger partial charge in [-0.15, -0.1) is 0 Å². The molecule has 3 rings (SSSR count). The van der Waals surface area contributed by atoms with E-state index in [1.807, 2.05) is 19.9 Å². The average Bonchev–Trinajstić information content (AvgIpc) is 2.84. The van der Waals surface area contributed by atoms with Crippen LogP contribution in [0.5, 0.6) is 0 Å². The van der Waals surface area contributed by atoms with Crippen LogP contribution in [-0.4, -0.2) is 75.6 Å². The van der Waals surface area contributed by atoms with Crippen molar-refractivity contribution >= 4 is 45.3 Å². The maximum Gasteiger partial charge on any atom is 0.309 e. The average molecular weight is 551 g/mol. The van der Waals surface area contributed by atoms with Crippen LogP contribution in [0.3, 0.4) is 0 Å². The lowest BCUT2D eigenvalue weighted by molar-refractivity contribution is -0.151. The Morgan fingerprint density at radius 1 is 1.11 bits per heavy atom. The van der Waals surface area contributed by atoms with E-state index in [-0.39, 0.29) is 30.9 Å². The van der Waals surface area contributed by atoms with Gasteiger partial charge in [0.05, 0.1) is 25.0 Å². The molecule has 12 heteroatoms. The van der Waals surface area contributed by atoms with Gasteiger partial charge in [-0.3, -0.25) is 24.2 Å². The van der Waals surface area contributed by atoms with Gasteiger partial charge in [0.25, 0.3) is 0 Å². The largest absolute Gasteiger partial charge is 0.457 e. The van der Waals surface area contributed by atoms with Crippen molar-refractivity contribution in [2.75, 3.05) is 11.5 Å².